The molecule has 0 N–H and O–H groups in total. The first-order valence-corrected chi connectivity index (χ1v) is 11.7. The lowest BCUT2D eigenvalue weighted by atomic mass is 9.92. The molecule has 0 atom stereocenters. The van der Waals surface area contributed by atoms with Gasteiger partial charge < -0.3 is 4.74 Å². The van der Waals surface area contributed by atoms with E-state index < -0.39 is 12.0 Å². The summed E-state index contributed by atoms with van der Waals surface area (Å²) in [5, 5.41) is 1.04. The van der Waals surface area contributed by atoms with Crippen molar-refractivity contribution in [2.75, 3.05) is 5.75 Å². The number of nitrogens with zero attached hydrogens (tertiary/aromatic N) is 2. The molecule has 3 aromatic rings. The van der Waals surface area contributed by atoms with E-state index in [1.807, 2.05) is 20.8 Å². The van der Waals surface area contributed by atoms with Crippen LogP contribution in [-0.4, -0.2) is 27.7 Å². The number of aryl methyl sites for hydroxylation is 2. The van der Waals surface area contributed by atoms with Gasteiger partial charge in [0, 0.05) is 10.3 Å². The summed E-state index contributed by atoms with van der Waals surface area (Å²) in [6, 6.07) is 5.89. The molecule has 0 radical (unpaired) electrons. The molecule has 0 amide bonds. The number of Topliss-reactive ketones (excluding diaryl/α,β-unsaturated/α-hetero) is 1. The number of benzene rings is 1. The summed E-state index contributed by atoms with van der Waals surface area (Å²) in [6.45, 7) is 2.64. The molecule has 0 spiro atoms. The summed E-state index contributed by atoms with van der Waals surface area (Å²) in [4.78, 5) is 32.7. The molecule has 164 valence electrons. The molecule has 2 heterocycles. The second-order valence-electron chi connectivity index (χ2n) is 8.41. The van der Waals surface area contributed by atoms with Crippen LogP contribution in [0.1, 0.15) is 37.6 Å². The quantitative estimate of drug-likeness (QED) is 0.369. The van der Waals surface area contributed by atoms with Crippen LogP contribution in [0.5, 0.6) is 5.75 Å². The number of hydrogen-bond acceptors (Lipinski definition) is 6. The average molecular weight is 465 g/mol. The lowest BCUT2D eigenvalue weighted by Crippen LogP contribution is -2.25. The van der Waals surface area contributed by atoms with Crippen LogP contribution in [0.4, 0.5) is 8.78 Å². The Morgan fingerprint density at radius 2 is 1.97 bits per heavy atom. The maximum Gasteiger partial charge on any atom is 0.387 e. The second kappa shape index (κ2) is 8.35. The Labute approximate surface area is 186 Å². The number of thiophene rings is 1. The lowest BCUT2D eigenvalue weighted by Gasteiger charge is -2.17. The van der Waals surface area contributed by atoms with Crippen LogP contribution >= 0.6 is 23.1 Å². The number of fused-ring (bicyclic) bond motifs is 3. The van der Waals surface area contributed by atoms with Crippen LogP contribution in [0.3, 0.4) is 0 Å². The Balaban J connectivity index is 1.81. The highest BCUT2D eigenvalue weighted by molar-refractivity contribution is 7.99. The van der Waals surface area contributed by atoms with E-state index in [2.05, 4.69) is 4.74 Å². The maximum absolute atomic E-state index is 13.6. The predicted octanol–water partition coefficient (Wildman–Crippen LogP) is 5.24. The van der Waals surface area contributed by atoms with Gasteiger partial charge in [-0.2, -0.15) is 8.78 Å². The van der Waals surface area contributed by atoms with Gasteiger partial charge in [0.05, 0.1) is 16.8 Å². The Morgan fingerprint density at radius 3 is 2.61 bits per heavy atom. The number of thioether (sulfide) groups is 1. The summed E-state index contributed by atoms with van der Waals surface area (Å²) < 4.78 is 30.9. The summed E-state index contributed by atoms with van der Waals surface area (Å²) in [5.41, 5.74) is 0.856. The van der Waals surface area contributed by atoms with Crippen molar-refractivity contribution in [3.8, 4) is 11.4 Å². The molecule has 9 heteroatoms. The average Bonchev–Trinajstić information content (AvgIpc) is 3.26. The van der Waals surface area contributed by atoms with Crippen molar-refractivity contribution in [1.29, 1.82) is 0 Å². The Morgan fingerprint density at radius 1 is 1.26 bits per heavy atom. The third kappa shape index (κ3) is 4.39. The molecule has 2 aromatic heterocycles. The van der Waals surface area contributed by atoms with Crippen LogP contribution < -0.4 is 10.3 Å². The molecule has 0 unspecified atom stereocenters. The molecule has 0 fully saturated rings. The van der Waals surface area contributed by atoms with Gasteiger partial charge in [0.15, 0.2) is 5.16 Å². The van der Waals surface area contributed by atoms with Crippen molar-refractivity contribution in [3.63, 3.8) is 0 Å². The molecule has 5 nitrogen and oxygen atoms in total. The van der Waals surface area contributed by atoms with E-state index in [0.717, 1.165) is 24.8 Å². The minimum Gasteiger partial charge on any atom is -0.435 e. The van der Waals surface area contributed by atoms with Crippen molar-refractivity contribution < 1.29 is 18.3 Å². The summed E-state index contributed by atoms with van der Waals surface area (Å²) in [6.07, 6.45) is 2.82. The SMILES string of the molecule is CC(C)(C)C(=O)CSc1nc2sc3c(c2c(=O)n1-c1ccc(OC(F)F)cc1)CCC3. The lowest BCUT2D eigenvalue weighted by molar-refractivity contribution is -0.123. The number of carbonyl (C=O) groups excluding carboxylic acids is 1. The van der Waals surface area contributed by atoms with Crippen LogP contribution in [0.15, 0.2) is 34.2 Å². The molecule has 4 rings (SSSR count). The Kier molecular flexibility index (Phi) is 5.91. The number of hydrogen-bond donors (Lipinski definition) is 0. The standard InChI is InChI=1S/C22H22F2N2O3S2/c1-22(2,3)16(27)11-30-21-25-18-17(14-5-4-6-15(14)31-18)19(28)26(21)12-7-9-13(10-8-12)29-20(23)24/h7-10,20H,4-6,11H2,1-3H3. The zero-order valence-corrected chi connectivity index (χ0v) is 19.0. The van der Waals surface area contributed by atoms with Crippen LogP contribution in [0.2, 0.25) is 0 Å². The molecule has 31 heavy (non-hydrogen) atoms. The highest BCUT2D eigenvalue weighted by Gasteiger charge is 2.26. The fourth-order valence-corrected chi connectivity index (χ4v) is 5.95. The summed E-state index contributed by atoms with van der Waals surface area (Å²) in [7, 11) is 0. The smallest absolute Gasteiger partial charge is 0.387 e. The van der Waals surface area contributed by atoms with Crippen LogP contribution in [0.25, 0.3) is 15.9 Å². The van der Waals surface area contributed by atoms with Gasteiger partial charge in [0.1, 0.15) is 16.4 Å². The van der Waals surface area contributed by atoms with Gasteiger partial charge >= 0.3 is 6.61 Å². The third-order valence-corrected chi connectivity index (χ3v) is 7.32. The van der Waals surface area contributed by atoms with E-state index in [4.69, 9.17) is 4.98 Å². The number of halogens is 2. The van der Waals surface area contributed by atoms with Crippen molar-refractivity contribution in [2.24, 2.45) is 5.41 Å². The fourth-order valence-electron chi connectivity index (χ4n) is 3.47. The van der Waals surface area contributed by atoms with E-state index in [9.17, 15) is 18.4 Å². The van der Waals surface area contributed by atoms with Crippen LogP contribution in [-0.2, 0) is 17.6 Å². The third-order valence-electron chi connectivity index (χ3n) is 5.20. The number of aromatic nitrogens is 2. The predicted molar refractivity (Wildman–Crippen MR) is 119 cm³/mol. The molecule has 0 saturated heterocycles. The second-order valence-corrected chi connectivity index (χ2v) is 10.4. The molecule has 0 bridgehead atoms. The minimum absolute atomic E-state index is 0.00868. The van der Waals surface area contributed by atoms with Gasteiger partial charge in [-0.15, -0.1) is 11.3 Å². The number of alkyl halides is 2. The minimum atomic E-state index is -2.92. The van der Waals surface area contributed by atoms with Crippen molar-refractivity contribution in [2.45, 2.75) is 51.8 Å². The van der Waals surface area contributed by atoms with Crippen molar-refractivity contribution >= 4 is 39.1 Å². The monoisotopic (exact) mass is 464 g/mol. The van der Waals surface area contributed by atoms with Crippen LogP contribution in [0, 0.1) is 5.41 Å². The molecule has 1 aromatic carbocycles. The number of ether oxygens (including phenoxy) is 1. The summed E-state index contributed by atoms with van der Waals surface area (Å²) in [5.74, 6) is 0.237. The Bertz CT molecular complexity index is 1190. The first-order chi connectivity index (χ1) is 14.6. The van der Waals surface area contributed by atoms with E-state index >= 15 is 0 Å². The normalized spacial score (nSPS) is 13.7. The van der Waals surface area contributed by atoms with Crippen molar-refractivity contribution in [1.82, 2.24) is 9.55 Å². The molecule has 1 aliphatic rings. The molecule has 0 aliphatic heterocycles. The maximum atomic E-state index is 13.6. The first-order valence-electron chi connectivity index (χ1n) is 9.94. The van der Waals surface area contributed by atoms with Gasteiger partial charge in [0.2, 0.25) is 0 Å². The topological polar surface area (TPSA) is 61.2 Å². The largest absolute Gasteiger partial charge is 0.435 e. The van der Waals surface area contributed by atoms with E-state index in [1.165, 1.54) is 33.3 Å². The number of carbonyl (C=O) groups is 1. The summed E-state index contributed by atoms with van der Waals surface area (Å²) >= 11 is 2.76. The Hall–Kier alpha value is -2.26. The van der Waals surface area contributed by atoms with Gasteiger partial charge in [0.25, 0.3) is 5.56 Å². The molecular weight excluding hydrogens is 442 g/mol. The van der Waals surface area contributed by atoms with Crippen molar-refractivity contribution in [3.05, 3.63) is 45.1 Å². The zero-order chi connectivity index (χ0) is 22.3. The van der Waals surface area contributed by atoms with Gasteiger partial charge in [-0.05, 0) is 49.1 Å². The van der Waals surface area contributed by atoms with Gasteiger partial charge in [-0.25, -0.2) is 4.98 Å². The highest BCUT2D eigenvalue weighted by atomic mass is 32.2. The van der Waals surface area contributed by atoms with E-state index in [-0.39, 0.29) is 22.8 Å². The first kappa shape index (κ1) is 22.0. The highest BCUT2D eigenvalue weighted by Crippen LogP contribution is 2.36. The molecular formula is C22H22F2N2O3S2. The molecule has 0 saturated carbocycles. The fraction of sp³-hybridized carbons (Fsp3) is 0.409. The van der Waals surface area contributed by atoms with E-state index in [1.54, 1.807) is 23.5 Å². The number of ketones is 1. The number of rotatable bonds is 6. The van der Waals surface area contributed by atoms with Gasteiger partial charge in [-0.1, -0.05) is 32.5 Å². The zero-order valence-electron chi connectivity index (χ0n) is 17.4. The van der Waals surface area contributed by atoms with Gasteiger partial charge in [-0.3, -0.25) is 14.2 Å². The van der Waals surface area contributed by atoms with E-state index in [0.29, 0.717) is 21.1 Å². The molecule has 1 aliphatic carbocycles.